The molecule has 1 aromatic heterocycles. The summed E-state index contributed by atoms with van der Waals surface area (Å²) in [6, 6.07) is 12.9. The fourth-order valence-corrected chi connectivity index (χ4v) is 2.56. The van der Waals surface area contributed by atoms with E-state index in [0.717, 1.165) is 15.4 Å². The van der Waals surface area contributed by atoms with E-state index in [4.69, 9.17) is 11.6 Å². The van der Waals surface area contributed by atoms with Crippen molar-refractivity contribution in [1.82, 2.24) is 4.98 Å². The molecule has 0 fully saturated rings. The lowest BCUT2D eigenvalue weighted by atomic mass is 10.0. The van der Waals surface area contributed by atoms with E-state index in [2.05, 4.69) is 20.9 Å². The maximum Gasteiger partial charge on any atom is 0.195 e. The number of fused-ring (bicyclic) bond motifs is 1. The van der Waals surface area contributed by atoms with Crippen LogP contribution in [0, 0.1) is 0 Å². The van der Waals surface area contributed by atoms with Crippen LogP contribution in [-0.2, 0) is 0 Å². The van der Waals surface area contributed by atoms with Gasteiger partial charge in [0.2, 0.25) is 0 Å². The Hall–Kier alpha value is -1.58. The predicted molar refractivity (Wildman–Crippen MR) is 80.9 cm³/mol. The Bertz CT molecular complexity index is 761. The number of benzene rings is 2. The number of H-pyrrole nitrogens is 1. The summed E-state index contributed by atoms with van der Waals surface area (Å²) in [5.41, 5.74) is 2.09. The summed E-state index contributed by atoms with van der Waals surface area (Å²) in [6.07, 6.45) is 1.71. The lowest BCUT2D eigenvalue weighted by Crippen LogP contribution is -1.99. The van der Waals surface area contributed by atoms with E-state index in [9.17, 15) is 4.79 Å². The minimum Gasteiger partial charge on any atom is -0.359 e. The first kappa shape index (κ1) is 12.5. The van der Waals surface area contributed by atoms with Crippen LogP contribution in [0.4, 0.5) is 0 Å². The number of nitrogens with one attached hydrogen (secondary N) is 1. The summed E-state index contributed by atoms with van der Waals surface area (Å²) < 4.78 is 0.950. The number of hydrogen-bond donors (Lipinski definition) is 1. The highest BCUT2D eigenvalue weighted by atomic mass is 79.9. The smallest absolute Gasteiger partial charge is 0.195 e. The Balaban J connectivity index is 2.12. The van der Waals surface area contributed by atoms with Crippen molar-refractivity contribution >= 4 is 44.2 Å². The molecule has 0 aliphatic rings. The molecule has 2 nitrogen and oxygen atoms in total. The number of carbonyl (C=O) groups excluding carboxylic acids is 1. The molecule has 1 heterocycles. The van der Waals surface area contributed by atoms with Gasteiger partial charge in [-0.1, -0.05) is 39.7 Å². The molecule has 0 atom stereocenters. The number of aromatic nitrogens is 1. The van der Waals surface area contributed by atoms with E-state index in [1.54, 1.807) is 24.4 Å². The summed E-state index contributed by atoms with van der Waals surface area (Å²) >= 11 is 9.45. The zero-order valence-corrected chi connectivity index (χ0v) is 12.1. The van der Waals surface area contributed by atoms with Crippen LogP contribution in [-0.4, -0.2) is 10.8 Å². The minimum absolute atomic E-state index is 0.0129. The van der Waals surface area contributed by atoms with Crippen molar-refractivity contribution in [3.8, 4) is 0 Å². The topological polar surface area (TPSA) is 32.9 Å². The first-order chi connectivity index (χ1) is 9.16. The van der Waals surface area contributed by atoms with E-state index in [-0.39, 0.29) is 5.78 Å². The summed E-state index contributed by atoms with van der Waals surface area (Å²) in [7, 11) is 0. The van der Waals surface area contributed by atoms with Crippen molar-refractivity contribution in [2.45, 2.75) is 0 Å². The SMILES string of the molecule is O=C(c1ccc(Br)cc1)c1c[nH]c2c(Cl)cccc12. The van der Waals surface area contributed by atoms with Gasteiger partial charge in [-0.05, 0) is 30.3 Å². The number of carbonyl (C=O) groups is 1. The summed E-state index contributed by atoms with van der Waals surface area (Å²) in [6.45, 7) is 0. The molecule has 0 amide bonds. The van der Waals surface area contributed by atoms with Crippen LogP contribution < -0.4 is 0 Å². The van der Waals surface area contributed by atoms with Crippen molar-refractivity contribution in [2.24, 2.45) is 0 Å². The largest absolute Gasteiger partial charge is 0.359 e. The summed E-state index contributed by atoms with van der Waals surface area (Å²) in [5, 5.41) is 1.47. The van der Waals surface area contributed by atoms with Crippen LogP contribution >= 0.6 is 27.5 Å². The number of aromatic amines is 1. The Morgan fingerprint density at radius 2 is 1.84 bits per heavy atom. The van der Waals surface area contributed by atoms with E-state index >= 15 is 0 Å². The van der Waals surface area contributed by atoms with E-state index in [1.807, 2.05) is 24.3 Å². The second-order valence-electron chi connectivity index (χ2n) is 4.20. The highest BCUT2D eigenvalue weighted by Gasteiger charge is 2.14. The molecule has 94 valence electrons. The second-order valence-corrected chi connectivity index (χ2v) is 5.52. The standard InChI is InChI=1S/C15H9BrClNO/c16-10-6-4-9(5-7-10)15(19)12-8-18-14-11(12)2-1-3-13(14)17/h1-8,18H. The van der Waals surface area contributed by atoms with Crippen molar-refractivity contribution in [3.05, 3.63) is 69.3 Å². The Kier molecular flexibility index (Phi) is 3.17. The third-order valence-electron chi connectivity index (χ3n) is 3.02. The molecule has 3 rings (SSSR count). The minimum atomic E-state index is -0.0129. The molecule has 4 heteroatoms. The maximum absolute atomic E-state index is 12.5. The molecule has 0 aliphatic carbocycles. The van der Waals surface area contributed by atoms with Crippen LogP contribution in [0.2, 0.25) is 5.02 Å². The van der Waals surface area contributed by atoms with E-state index < -0.39 is 0 Å². The van der Waals surface area contributed by atoms with Gasteiger partial charge in [0.1, 0.15) is 0 Å². The molecule has 3 aromatic rings. The summed E-state index contributed by atoms with van der Waals surface area (Å²) in [5.74, 6) is -0.0129. The van der Waals surface area contributed by atoms with Gasteiger partial charge in [0, 0.05) is 27.2 Å². The number of para-hydroxylation sites is 1. The van der Waals surface area contributed by atoms with Crippen LogP contribution in [0.5, 0.6) is 0 Å². The van der Waals surface area contributed by atoms with Gasteiger partial charge in [-0.3, -0.25) is 4.79 Å². The highest BCUT2D eigenvalue weighted by Crippen LogP contribution is 2.27. The molecule has 0 radical (unpaired) electrons. The van der Waals surface area contributed by atoms with Crippen LogP contribution in [0.25, 0.3) is 10.9 Å². The molecule has 0 unspecified atom stereocenters. The van der Waals surface area contributed by atoms with Crippen molar-refractivity contribution in [1.29, 1.82) is 0 Å². The second kappa shape index (κ2) is 4.83. The van der Waals surface area contributed by atoms with Crippen LogP contribution in [0.15, 0.2) is 53.1 Å². The first-order valence-electron chi connectivity index (χ1n) is 5.72. The van der Waals surface area contributed by atoms with Crippen LogP contribution in [0.1, 0.15) is 15.9 Å². The van der Waals surface area contributed by atoms with Crippen molar-refractivity contribution in [2.75, 3.05) is 0 Å². The van der Waals surface area contributed by atoms with Gasteiger partial charge in [-0.25, -0.2) is 0 Å². The molecular weight excluding hydrogens is 326 g/mol. The third kappa shape index (κ3) is 2.20. The molecular formula is C15H9BrClNO. The monoisotopic (exact) mass is 333 g/mol. The van der Waals surface area contributed by atoms with Gasteiger partial charge >= 0.3 is 0 Å². The molecule has 0 bridgehead atoms. The fourth-order valence-electron chi connectivity index (χ4n) is 2.06. The Morgan fingerprint density at radius 3 is 2.58 bits per heavy atom. The number of halogens is 2. The lowest BCUT2D eigenvalue weighted by molar-refractivity contribution is 0.104. The van der Waals surface area contributed by atoms with Gasteiger partial charge < -0.3 is 4.98 Å². The first-order valence-corrected chi connectivity index (χ1v) is 6.90. The highest BCUT2D eigenvalue weighted by molar-refractivity contribution is 9.10. The third-order valence-corrected chi connectivity index (χ3v) is 3.86. The molecule has 0 aliphatic heterocycles. The zero-order chi connectivity index (χ0) is 13.4. The molecule has 0 saturated heterocycles. The number of ketones is 1. The predicted octanol–water partition coefficient (Wildman–Crippen LogP) is 4.81. The Labute approximate surface area is 123 Å². The average molecular weight is 335 g/mol. The van der Waals surface area contributed by atoms with Crippen LogP contribution in [0.3, 0.4) is 0 Å². The molecule has 19 heavy (non-hydrogen) atoms. The van der Waals surface area contributed by atoms with Crippen molar-refractivity contribution in [3.63, 3.8) is 0 Å². The number of rotatable bonds is 2. The molecule has 1 N–H and O–H groups in total. The maximum atomic E-state index is 12.5. The van der Waals surface area contributed by atoms with Gasteiger partial charge in [0.15, 0.2) is 5.78 Å². The van der Waals surface area contributed by atoms with E-state index in [0.29, 0.717) is 16.1 Å². The van der Waals surface area contributed by atoms with Gasteiger partial charge in [0.25, 0.3) is 0 Å². The Morgan fingerprint density at radius 1 is 1.11 bits per heavy atom. The molecule has 0 saturated carbocycles. The summed E-state index contributed by atoms with van der Waals surface area (Å²) in [4.78, 5) is 15.5. The van der Waals surface area contributed by atoms with Gasteiger partial charge in [0.05, 0.1) is 10.5 Å². The fraction of sp³-hybridized carbons (Fsp3) is 0. The molecule has 0 spiro atoms. The van der Waals surface area contributed by atoms with Gasteiger partial charge in [-0.15, -0.1) is 0 Å². The number of hydrogen-bond acceptors (Lipinski definition) is 1. The van der Waals surface area contributed by atoms with E-state index in [1.165, 1.54) is 0 Å². The zero-order valence-electron chi connectivity index (χ0n) is 9.78. The van der Waals surface area contributed by atoms with Gasteiger partial charge in [-0.2, -0.15) is 0 Å². The normalized spacial score (nSPS) is 10.8. The molecule has 2 aromatic carbocycles. The van der Waals surface area contributed by atoms with Crippen molar-refractivity contribution < 1.29 is 4.79 Å². The average Bonchev–Trinajstić information content (AvgIpc) is 2.84. The lowest BCUT2D eigenvalue weighted by Gasteiger charge is -2.00. The quantitative estimate of drug-likeness (QED) is 0.670.